The van der Waals surface area contributed by atoms with E-state index in [1.54, 1.807) is 0 Å². The van der Waals surface area contributed by atoms with Gasteiger partial charge in [0.25, 0.3) is 0 Å². The third-order valence-corrected chi connectivity index (χ3v) is 3.88. The van der Waals surface area contributed by atoms with Crippen molar-refractivity contribution in [3.8, 4) is 0 Å². The standard InChI is InChI=1S/C15H13BrClN3/c1-10-5-13-15(18-8-10)20(14(7-17)19-13)9-11-3-2-4-12(16)6-11/h2-6,8H,7,9H2,1H3. The van der Waals surface area contributed by atoms with E-state index in [-0.39, 0.29) is 0 Å². The Kier molecular flexibility index (Phi) is 3.76. The zero-order valence-corrected chi connectivity index (χ0v) is 13.3. The van der Waals surface area contributed by atoms with Crippen LogP contribution in [0.4, 0.5) is 0 Å². The van der Waals surface area contributed by atoms with Crippen molar-refractivity contribution in [2.45, 2.75) is 19.3 Å². The molecule has 0 radical (unpaired) electrons. The van der Waals surface area contributed by atoms with Crippen LogP contribution in [0.1, 0.15) is 17.0 Å². The summed E-state index contributed by atoms with van der Waals surface area (Å²) in [7, 11) is 0. The van der Waals surface area contributed by atoms with Crippen LogP contribution in [-0.4, -0.2) is 14.5 Å². The maximum absolute atomic E-state index is 6.02. The van der Waals surface area contributed by atoms with Gasteiger partial charge in [0.1, 0.15) is 11.3 Å². The van der Waals surface area contributed by atoms with Gasteiger partial charge in [-0.2, -0.15) is 0 Å². The van der Waals surface area contributed by atoms with Gasteiger partial charge in [-0.1, -0.05) is 28.1 Å². The number of benzene rings is 1. The van der Waals surface area contributed by atoms with Gasteiger partial charge in [0.15, 0.2) is 5.65 Å². The van der Waals surface area contributed by atoms with Crippen molar-refractivity contribution in [2.75, 3.05) is 0 Å². The number of halogens is 2. The molecular weight excluding hydrogens is 338 g/mol. The fourth-order valence-electron chi connectivity index (χ4n) is 2.24. The lowest BCUT2D eigenvalue weighted by molar-refractivity contribution is 0.770. The number of nitrogens with zero attached hydrogens (tertiary/aromatic N) is 3. The van der Waals surface area contributed by atoms with Gasteiger partial charge in [-0.3, -0.25) is 0 Å². The molecule has 0 amide bonds. The summed E-state index contributed by atoms with van der Waals surface area (Å²) in [4.78, 5) is 9.07. The Hall–Kier alpha value is -1.39. The average Bonchev–Trinajstić information content (AvgIpc) is 2.76. The predicted octanol–water partition coefficient (Wildman–Crippen LogP) is 4.29. The van der Waals surface area contributed by atoms with E-state index in [1.165, 1.54) is 5.56 Å². The topological polar surface area (TPSA) is 30.7 Å². The summed E-state index contributed by atoms with van der Waals surface area (Å²) in [6.07, 6.45) is 1.86. The Labute approximate surface area is 130 Å². The molecule has 1 aromatic carbocycles. The molecular formula is C15H13BrClN3. The third kappa shape index (κ3) is 2.58. The second-order valence-electron chi connectivity index (χ2n) is 4.73. The molecule has 3 aromatic rings. The molecule has 2 heterocycles. The highest BCUT2D eigenvalue weighted by atomic mass is 79.9. The largest absolute Gasteiger partial charge is 0.307 e. The molecule has 0 aliphatic carbocycles. The van der Waals surface area contributed by atoms with Gasteiger partial charge >= 0.3 is 0 Å². The number of alkyl halides is 1. The number of aromatic nitrogens is 3. The molecule has 102 valence electrons. The van der Waals surface area contributed by atoms with Crippen molar-refractivity contribution in [1.82, 2.24) is 14.5 Å². The first-order chi connectivity index (χ1) is 9.67. The smallest absolute Gasteiger partial charge is 0.160 e. The molecule has 0 saturated carbocycles. The second kappa shape index (κ2) is 5.54. The van der Waals surface area contributed by atoms with Gasteiger partial charge in [-0.15, -0.1) is 11.6 Å². The van der Waals surface area contributed by atoms with Crippen LogP contribution in [0.3, 0.4) is 0 Å². The van der Waals surface area contributed by atoms with Gasteiger partial charge in [-0.05, 0) is 36.2 Å². The van der Waals surface area contributed by atoms with Crippen LogP contribution < -0.4 is 0 Å². The van der Waals surface area contributed by atoms with E-state index in [0.29, 0.717) is 12.4 Å². The SMILES string of the molecule is Cc1cnc2c(c1)nc(CCl)n2Cc1cccc(Br)c1. The number of rotatable bonds is 3. The highest BCUT2D eigenvalue weighted by molar-refractivity contribution is 9.10. The first kappa shape index (κ1) is 13.6. The van der Waals surface area contributed by atoms with Gasteiger partial charge in [0.2, 0.25) is 0 Å². The Morgan fingerprint density at radius 1 is 1.30 bits per heavy atom. The third-order valence-electron chi connectivity index (χ3n) is 3.15. The van der Waals surface area contributed by atoms with Gasteiger partial charge in [-0.25, -0.2) is 9.97 Å². The summed E-state index contributed by atoms with van der Waals surface area (Å²) in [5.74, 6) is 1.23. The van der Waals surface area contributed by atoms with Crippen LogP contribution in [0.25, 0.3) is 11.2 Å². The molecule has 0 fully saturated rings. The second-order valence-corrected chi connectivity index (χ2v) is 5.92. The molecule has 0 bridgehead atoms. The van der Waals surface area contributed by atoms with Crippen LogP contribution in [0.2, 0.25) is 0 Å². The lowest BCUT2D eigenvalue weighted by Gasteiger charge is -2.07. The maximum Gasteiger partial charge on any atom is 0.160 e. The van der Waals surface area contributed by atoms with Crippen molar-refractivity contribution in [2.24, 2.45) is 0 Å². The molecule has 2 aromatic heterocycles. The molecule has 0 unspecified atom stereocenters. The zero-order valence-electron chi connectivity index (χ0n) is 11.0. The summed E-state index contributed by atoms with van der Waals surface area (Å²) in [6, 6.07) is 10.3. The Morgan fingerprint density at radius 3 is 2.90 bits per heavy atom. The van der Waals surface area contributed by atoms with E-state index in [2.05, 4.69) is 42.6 Å². The quantitative estimate of drug-likeness (QED) is 0.660. The van der Waals surface area contributed by atoms with Crippen LogP contribution in [0, 0.1) is 6.92 Å². The lowest BCUT2D eigenvalue weighted by atomic mass is 10.2. The Bertz CT molecular complexity index is 767. The molecule has 0 aliphatic rings. The van der Waals surface area contributed by atoms with Crippen LogP contribution in [-0.2, 0) is 12.4 Å². The molecule has 0 N–H and O–H groups in total. The van der Waals surface area contributed by atoms with Crippen molar-refractivity contribution < 1.29 is 0 Å². The van der Waals surface area contributed by atoms with Gasteiger partial charge in [0.05, 0.1) is 12.4 Å². The molecule has 3 nitrogen and oxygen atoms in total. The van der Waals surface area contributed by atoms with Gasteiger partial charge < -0.3 is 4.57 Å². The van der Waals surface area contributed by atoms with Crippen LogP contribution in [0.15, 0.2) is 41.0 Å². The van der Waals surface area contributed by atoms with E-state index >= 15 is 0 Å². The Morgan fingerprint density at radius 2 is 2.15 bits per heavy atom. The summed E-state index contributed by atoms with van der Waals surface area (Å²) in [5, 5.41) is 0. The van der Waals surface area contributed by atoms with Crippen molar-refractivity contribution in [3.63, 3.8) is 0 Å². The normalized spacial score (nSPS) is 11.2. The highest BCUT2D eigenvalue weighted by Crippen LogP contribution is 2.20. The molecule has 0 aliphatic heterocycles. The minimum atomic E-state index is 0.378. The monoisotopic (exact) mass is 349 g/mol. The highest BCUT2D eigenvalue weighted by Gasteiger charge is 2.11. The first-order valence-electron chi connectivity index (χ1n) is 6.29. The predicted molar refractivity (Wildman–Crippen MR) is 85.1 cm³/mol. The fraction of sp³-hybridized carbons (Fsp3) is 0.200. The molecule has 5 heteroatoms. The number of hydrogen-bond donors (Lipinski definition) is 0. The summed E-state index contributed by atoms with van der Waals surface area (Å²) < 4.78 is 3.14. The van der Waals surface area contributed by atoms with E-state index < -0.39 is 0 Å². The summed E-state index contributed by atoms with van der Waals surface area (Å²) in [5.41, 5.74) is 4.07. The fourth-order valence-corrected chi connectivity index (χ4v) is 2.90. The van der Waals surface area contributed by atoms with Crippen LogP contribution in [0.5, 0.6) is 0 Å². The molecule has 0 atom stereocenters. The summed E-state index contributed by atoms with van der Waals surface area (Å²) in [6.45, 7) is 2.73. The summed E-state index contributed by atoms with van der Waals surface area (Å²) >= 11 is 9.51. The van der Waals surface area contributed by atoms with E-state index in [4.69, 9.17) is 11.6 Å². The lowest BCUT2D eigenvalue weighted by Crippen LogP contribution is -2.04. The van der Waals surface area contributed by atoms with Crippen molar-refractivity contribution in [1.29, 1.82) is 0 Å². The van der Waals surface area contributed by atoms with Crippen molar-refractivity contribution in [3.05, 3.63) is 58.0 Å². The number of pyridine rings is 1. The van der Waals surface area contributed by atoms with E-state index in [1.807, 2.05) is 31.3 Å². The first-order valence-corrected chi connectivity index (χ1v) is 7.62. The number of aryl methyl sites for hydroxylation is 1. The van der Waals surface area contributed by atoms with Crippen molar-refractivity contribution >= 4 is 38.7 Å². The average molecular weight is 351 g/mol. The number of imidazole rings is 1. The molecule has 20 heavy (non-hydrogen) atoms. The zero-order chi connectivity index (χ0) is 14.1. The Balaban J connectivity index is 2.10. The molecule has 0 saturated heterocycles. The molecule has 3 rings (SSSR count). The maximum atomic E-state index is 6.02. The van der Waals surface area contributed by atoms with E-state index in [0.717, 1.165) is 27.0 Å². The number of hydrogen-bond acceptors (Lipinski definition) is 2. The minimum Gasteiger partial charge on any atom is -0.307 e. The minimum absolute atomic E-state index is 0.378. The van der Waals surface area contributed by atoms with E-state index in [9.17, 15) is 0 Å². The molecule has 0 spiro atoms. The van der Waals surface area contributed by atoms with Gasteiger partial charge in [0, 0.05) is 10.7 Å². The van der Waals surface area contributed by atoms with Crippen LogP contribution >= 0.6 is 27.5 Å². The number of fused-ring (bicyclic) bond motifs is 1.